The third-order valence-electron chi connectivity index (χ3n) is 4.62. The third-order valence-corrected chi connectivity index (χ3v) is 5.97. The average Bonchev–Trinajstić information content (AvgIpc) is 3.08. The zero-order valence-corrected chi connectivity index (χ0v) is 15.4. The molecule has 0 unspecified atom stereocenters. The maximum absolute atomic E-state index is 12.8. The fourth-order valence-electron chi connectivity index (χ4n) is 3.20. The van der Waals surface area contributed by atoms with Gasteiger partial charge in [-0.1, -0.05) is 41.9 Å². The van der Waals surface area contributed by atoms with E-state index in [2.05, 4.69) is 29.2 Å². The normalized spacial score (nSPS) is 15.6. The molecule has 25 heavy (non-hydrogen) atoms. The number of hydrogen-bond acceptors (Lipinski definition) is 3. The van der Waals surface area contributed by atoms with E-state index in [0.29, 0.717) is 0 Å². The van der Waals surface area contributed by atoms with Gasteiger partial charge in [-0.05, 0) is 35.2 Å². The van der Waals surface area contributed by atoms with Crippen molar-refractivity contribution < 1.29 is 4.79 Å². The predicted molar refractivity (Wildman–Crippen MR) is 104 cm³/mol. The molecule has 1 aliphatic heterocycles. The summed E-state index contributed by atoms with van der Waals surface area (Å²) in [5.41, 5.74) is 1.26. The Morgan fingerprint density at radius 1 is 1.00 bits per heavy atom. The molecule has 0 N–H and O–H groups in total. The van der Waals surface area contributed by atoms with Crippen molar-refractivity contribution in [3.63, 3.8) is 0 Å². The van der Waals surface area contributed by atoms with Crippen LogP contribution < -0.4 is 0 Å². The summed E-state index contributed by atoms with van der Waals surface area (Å²) in [5, 5.41) is 1.92. The highest BCUT2D eigenvalue weighted by atomic mass is 35.5. The topological polar surface area (TPSA) is 23.6 Å². The lowest BCUT2D eigenvalue weighted by molar-refractivity contribution is 0.0633. The standard InChI is InChI=1S/C20H19ClN2OS/c21-17-7-5-15(6-8-17)14-22-9-11-23(12-10-22)20(24)19-13-16-3-1-2-4-18(16)25-19/h1-8,13H,9-12,14H2. The van der Waals surface area contributed by atoms with E-state index >= 15 is 0 Å². The molecule has 5 heteroatoms. The number of amides is 1. The van der Waals surface area contributed by atoms with Gasteiger partial charge in [0.15, 0.2) is 0 Å². The Morgan fingerprint density at radius 3 is 2.44 bits per heavy atom. The summed E-state index contributed by atoms with van der Waals surface area (Å²) in [5.74, 6) is 0.160. The monoisotopic (exact) mass is 370 g/mol. The second-order valence-electron chi connectivity index (χ2n) is 6.34. The van der Waals surface area contributed by atoms with Crippen LogP contribution >= 0.6 is 22.9 Å². The highest BCUT2D eigenvalue weighted by molar-refractivity contribution is 7.20. The van der Waals surface area contributed by atoms with Crippen LogP contribution in [0.1, 0.15) is 15.2 Å². The summed E-state index contributed by atoms with van der Waals surface area (Å²) in [7, 11) is 0. The Morgan fingerprint density at radius 2 is 1.72 bits per heavy atom. The van der Waals surface area contributed by atoms with Crippen LogP contribution in [0.5, 0.6) is 0 Å². The van der Waals surface area contributed by atoms with E-state index in [9.17, 15) is 4.79 Å². The molecule has 0 spiro atoms. The van der Waals surface area contributed by atoms with Crippen LogP contribution in [-0.2, 0) is 6.54 Å². The van der Waals surface area contributed by atoms with Gasteiger partial charge in [0.25, 0.3) is 5.91 Å². The number of hydrogen-bond donors (Lipinski definition) is 0. The van der Waals surface area contributed by atoms with Gasteiger partial charge in [-0.3, -0.25) is 9.69 Å². The van der Waals surface area contributed by atoms with E-state index in [4.69, 9.17) is 11.6 Å². The highest BCUT2D eigenvalue weighted by Gasteiger charge is 2.23. The molecule has 1 fully saturated rings. The van der Waals surface area contributed by atoms with Crippen LogP contribution in [0.2, 0.25) is 5.02 Å². The van der Waals surface area contributed by atoms with Crippen molar-refractivity contribution >= 4 is 38.9 Å². The maximum atomic E-state index is 12.8. The van der Waals surface area contributed by atoms with Crippen LogP contribution in [-0.4, -0.2) is 41.9 Å². The molecule has 0 bridgehead atoms. The first kappa shape index (κ1) is 16.6. The van der Waals surface area contributed by atoms with Gasteiger partial charge in [0, 0.05) is 42.4 Å². The first-order chi connectivity index (χ1) is 12.2. The summed E-state index contributed by atoms with van der Waals surface area (Å²) < 4.78 is 1.17. The zero-order valence-electron chi connectivity index (χ0n) is 13.8. The van der Waals surface area contributed by atoms with Gasteiger partial charge in [-0.15, -0.1) is 11.3 Å². The lowest BCUT2D eigenvalue weighted by atomic mass is 10.2. The molecule has 1 aromatic heterocycles. The summed E-state index contributed by atoms with van der Waals surface area (Å²) >= 11 is 7.53. The Labute approximate surface area is 156 Å². The molecule has 1 aliphatic rings. The van der Waals surface area contributed by atoms with E-state index < -0.39 is 0 Å². The minimum atomic E-state index is 0.160. The van der Waals surface area contributed by atoms with E-state index in [0.717, 1.165) is 48.0 Å². The fraction of sp³-hybridized carbons (Fsp3) is 0.250. The number of carbonyl (C=O) groups is 1. The highest BCUT2D eigenvalue weighted by Crippen LogP contribution is 2.26. The summed E-state index contributed by atoms with van der Waals surface area (Å²) in [6.45, 7) is 4.27. The molecule has 0 aliphatic carbocycles. The van der Waals surface area contributed by atoms with Crippen molar-refractivity contribution in [3.05, 3.63) is 70.1 Å². The molecule has 2 heterocycles. The van der Waals surface area contributed by atoms with Crippen LogP contribution in [0.25, 0.3) is 10.1 Å². The molecule has 0 saturated carbocycles. The number of halogens is 1. The Bertz CT molecular complexity index is 849. The minimum absolute atomic E-state index is 0.160. The summed E-state index contributed by atoms with van der Waals surface area (Å²) in [4.78, 5) is 18.0. The quantitative estimate of drug-likeness (QED) is 0.677. The number of rotatable bonds is 3. The van der Waals surface area contributed by atoms with Crippen LogP contribution in [0.4, 0.5) is 0 Å². The Hall–Kier alpha value is -1.88. The first-order valence-electron chi connectivity index (χ1n) is 8.44. The van der Waals surface area contributed by atoms with Crippen LogP contribution in [0.3, 0.4) is 0 Å². The van der Waals surface area contributed by atoms with Crippen molar-refractivity contribution in [2.24, 2.45) is 0 Å². The second-order valence-corrected chi connectivity index (χ2v) is 7.86. The van der Waals surface area contributed by atoms with Gasteiger partial charge in [0.1, 0.15) is 0 Å². The van der Waals surface area contributed by atoms with E-state index in [-0.39, 0.29) is 5.91 Å². The van der Waals surface area contributed by atoms with Gasteiger partial charge in [-0.2, -0.15) is 0 Å². The molecular weight excluding hydrogens is 352 g/mol. The van der Waals surface area contributed by atoms with Gasteiger partial charge in [0.05, 0.1) is 4.88 Å². The predicted octanol–water partition coefficient (Wildman–Crippen LogP) is 4.51. The second kappa shape index (κ2) is 7.16. The lowest BCUT2D eigenvalue weighted by Gasteiger charge is -2.34. The van der Waals surface area contributed by atoms with Gasteiger partial charge in [-0.25, -0.2) is 0 Å². The number of piperazine rings is 1. The number of nitrogens with zero attached hydrogens (tertiary/aromatic N) is 2. The van der Waals surface area contributed by atoms with Gasteiger partial charge in [0.2, 0.25) is 0 Å². The molecule has 1 saturated heterocycles. The largest absolute Gasteiger partial charge is 0.335 e. The number of benzene rings is 2. The average molecular weight is 371 g/mol. The Kier molecular flexibility index (Phi) is 4.75. The maximum Gasteiger partial charge on any atom is 0.264 e. The van der Waals surface area contributed by atoms with Crippen LogP contribution in [0.15, 0.2) is 54.6 Å². The SMILES string of the molecule is O=C(c1cc2ccccc2s1)N1CCN(Cc2ccc(Cl)cc2)CC1. The minimum Gasteiger partial charge on any atom is -0.335 e. The van der Waals surface area contributed by atoms with Crippen molar-refractivity contribution in [1.82, 2.24) is 9.80 Å². The van der Waals surface area contributed by atoms with Crippen molar-refractivity contribution in [3.8, 4) is 0 Å². The molecule has 3 nitrogen and oxygen atoms in total. The Balaban J connectivity index is 1.37. The molecule has 0 radical (unpaired) electrons. The van der Waals surface area contributed by atoms with E-state index in [1.165, 1.54) is 10.3 Å². The zero-order chi connectivity index (χ0) is 17.2. The van der Waals surface area contributed by atoms with Gasteiger partial charge < -0.3 is 4.90 Å². The lowest BCUT2D eigenvalue weighted by Crippen LogP contribution is -2.48. The van der Waals surface area contributed by atoms with Crippen LogP contribution in [0, 0.1) is 0 Å². The molecule has 128 valence electrons. The fourth-order valence-corrected chi connectivity index (χ4v) is 4.36. The molecule has 0 atom stereocenters. The molecule has 3 aromatic rings. The smallest absolute Gasteiger partial charge is 0.264 e. The summed E-state index contributed by atoms with van der Waals surface area (Å²) in [6.07, 6.45) is 0. The molecule has 2 aromatic carbocycles. The molecular formula is C20H19ClN2OS. The number of fused-ring (bicyclic) bond motifs is 1. The van der Waals surface area contributed by atoms with E-state index in [1.54, 1.807) is 11.3 Å². The molecule has 4 rings (SSSR count). The third kappa shape index (κ3) is 3.71. The molecule has 1 amide bonds. The van der Waals surface area contributed by atoms with Gasteiger partial charge >= 0.3 is 0 Å². The number of carbonyl (C=O) groups excluding carboxylic acids is 1. The first-order valence-corrected chi connectivity index (χ1v) is 9.63. The van der Waals surface area contributed by atoms with Crippen molar-refractivity contribution in [2.45, 2.75) is 6.54 Å². The van der Waals surface area contributed by atoms with E-state index in [1.807, 2.05) is 35.2 Å². The summed E-state index contributed by atoms with van der Waals surface area (Å²) in [6, 6.07) is 18.2. The van der Waals surface area contributed by atoms with Crippen molar-refractivity contribution in [1.29, 1.82) is 0 Å². The van der Waals surface area contributed by atoms with Crippen molar-refractivity contribution in [2.75, 3.05) is 26.2 Å². The number of thiophene rings is 1.